The number of methoxy groups -OCH3 is 1. The molecular formula is C11H16IN3O3. The molecule has 2 rings (SSSR count). The molecule has 0 bridgehead atoms. The third-order valence-corrected chi connectivity index (χ3v) is 3.40. The van der Waals surface area contributed by atoms with Gasteiger partial charge in [-0.2, -0.15) is 9.97 Å². The summed E-state index contributed by atoms with van der Waals surface area (Å²) in [5.74, 6) is 0.806. The van der Waals surface area contributed by atoms with Crippen molar-refractivity contribution in [3.05, 3.63) is 9.77 Å². The maximum Gasteiger partial charge on any atom is 0.319 e. The van der Waals surface area contributed by atoms with Crippen molar-refractivity contribution in [2.45, 2.75) is 19.1 Å². The molecular weight excluding hydrogens is 349 g/mol. The standard InChI is InChI=1S/C11H16IN3O3/c1-7-6-18-8(5-16)4-15(7)10-3-9(12)13-11(14-10)17-2/h3,7-8,16H,4-6H2,1-2H3. The van der Waals surface area contributed by atoms with Gasteiger partial charge in [-0.15, -0.1) is 0 Å². The second-order valence-electron chi connectivity index (χ2n) is 4.17. The first-order chi connectivity index (χ1) is 8.63. The number of ether oxygens (including phenoxy) is 2. The number of anilines is 1. The van der Waals surface area contributed by atoms with Crippen LogP contribution in [-0.2, 0) is 4.74 Å². The summed E-state index contributed by atoms with van der Waals surface area (Å²) < 4.78 is 11.4. The van der Waals surface area contributed by atoms with Gasteiger partial charge >= 0.3 is 6.01 Å². The molecule has 0 spiro atoms. The Morgan fingerprint density at radius 2 is 2.39 bits per heavy atom. The molecule has 100 valence electrons. The van der Waals surface area contributed by atoms with Gasteiger partial charge in [-0.3, -0.25) is 0 Å². The quantitative estimate of drug-likeness (QED) is 0.628. The highest BCUT2D eigenvalue weighted by atomic mass is 127. The number of halogens is 1. The maximum atomic E-state index is 9.19. The van der Waals surface area contributed by atoms with Gasteiger partial charge in [0.05, 0.1) is 32.5 Å². The van der Waals surface area contributed by atoms with E-state index in [1.165, 1.54) is 0 Å². The van der Waals surface area contributed by atoms with Crippen molar-refractivity contribution in [1.82, 2.24) is 9.97 Å². The van der Waals surface area contributed by atoms with Crippen LogP contribution in [0.3, 0.4) is 0 Å². The fraction of sp³-hybridized carbons (Fsp3) is 0.636. The molecule has 6 nitrogen and oxygen atoms in total. The van der Waals surface area contributed by atoms with Crippen LogP contribution in [0.4, 0.5) is 5.82 Å². The van der Waals surface area contributed by atoms with Crippen LogP contribution >= 0.6 is 22.6 Å². The number of nitrogens with zero attached hydrogens (tertiary/aromatic N) is 3. The Hall–Kier alpha value is -0.670. The zero-order valence-corrected chi connectivity index (χ0v) is 12.5. The van der Waals surface area contributed by atoms with E-state index in [0.717, 1.165) is 9.52 Å². The topological polar surface area (TPSA) is 67.7 Å². The van der Waals surface area contributed by atoms with Gasteiger partial charge < -0.3 is 19.5 Å². The molecule has 0 amide bonds. The van der Waals surface area contributed by atoms with Crippen LogP contribution in [-0.4, -0.2) is 54.1 Å². The number of aromatic nitrogens is 2. The molecule has 2 atom stereocenters. The van der Waals surface area contributed by atoms with Crippen molar-refractivity contribution in [3.8, 4) is 6.01 Å². The monoisotopic (exact) mass is 365 g/mol. The van der Waals surface area contributed by atoms with E-state index in [-0.39, 0.29) is 18.8 Å². The molecule has 1 fully saturated rings. The maximum absolute atomic E-state index is 9.19. The van der Waals surface area contributed by atoms with E-state index >= 15 is 0 Å². The second kappa shape index (κ2) is 5.98. The Labute approximate surface area is 119 Å². The van der Waals surface area contributed by atoms with Gasteiger partial charge in [0.2, 0.25) is 0 Å². The van der Waals surface area contributed by atoms with Crippen LogP contribution < -0.4 is 9.64 Å². The lowest BCUT2D eigenvalue weighted by molar-refractivity contribution is -0.0106. The number of rotatable bonds is 3. The Morgan fingerprint density at radius 1 is 1.61 bits per heavy atom. The van der Waals surface area contributed by atoms with Crippen molar-refractivity contribution in [1.29, 1.82) is 0 Å². The Bertz CT molecular complexity index is 419. The lowest BCUT2D eigenvalue weighted by atomic mass is 10.2. The van der Waals surface area contributed by atoms with Crippen LogP contribution in [0, 0.1) is 3.70 Å². The van der Waals surface area contributed by atoms with Crippen LogP contribution in [0.15, 0.2) is 6.07 Å². The third-order valence-electron chi connectivity index (χ3n) is 2.85. The minimum Gasteiger partial charge on any atom is -0.467 e. The summed E-state index contributed by atoms with van der Waals surface area (Å²) in [5, 5.41) is 9.19. The van der Waals surface area contributed by atoms with Crippen LogP contribution in [0.5, 0.6) is 6.01 Å². The number of morpholine rings is 1. The van der Waals surface area contributed by atoms with Crippen LogP contribution in [0.25, 0.3) is 0 Å². The van der Waals surface area contributed by atoms with Gasteiger partial charge in [0.15, 0.2) is 0 Å². The van der Waals surface area contributed by atoms with Gasteiger partial charge in [-0.05, 0) is 29.5 Å². The highest BCUT2D eigenvalue weighted by Crippen LogP contribution is 2.22. The molecule has 0 aliphatic carbocycles. The largest absolute Gasteiger partial charge is 0.467 e. The van der Waals surface area contributed by atoms with E-state index in [2.05, 4.69) is 44.4 Å². The average molecular weight is 365 g/mol. The first kappa shape index (κ1) is 13.8. The minimum absolute atomic E-state index is 0.0164. The minimum atomic E-state index is -0.167. The summed E-state index contributed by atoms with van der Waals surface area (Å²) in [6.45, 7) is 3.28. The Balaban J connectivity index is 2.25. The van der Waals surface area contributed by atoms with Gasteiger partial charge in [-0.1, -0.05) is 0 Å². The third kappa shape index (κ3) is 3.01. The predicted octanol–water partition coefficient (Wildman–Crippen LogP) is 0.676. The molecule has 1 aliphatic heterocycles. The van der Waals surface area contributed by atoms with E-state index in [0.29, 0.717) is 19.2 Å². The van der Waals surface area contributed by atoms with E-state index in [1.54, 1.807) is 7.11 Å². The normalized spacial score (nSPS) is 24.1. The van der Waals surface area contributed by atoms with Gasteiger partial charge in [0.25, 0.3) is 0 Å². The van der Waals surface area contributed by atoms with Crippen LogP contribution in [0.2, 0.25) is 0 Å². The van der Waals surface area contributed by atoms with Crippen molar-refractivity contribution in [3.63, 3.8) is 0 Å². The highest BCUT2D eigenvalue weighted by molar-refractivity contribution is 14.1. The lowest BCUT2D eigenvalue weighted by Gasteiger charge is -2.38. The number of hydrogen-bond donors (Lipinski definition) is 1. The first-order valence-electron chi connectivity index (χ1n) is 5.71. The molecule has 1 aromatic rings. The summed E-state index contributed by atoms with van der Waals surface area (Å²) in [5.41, 5.74) is 0. The predicted molar refractivity (Wildman–Crippen MR) is 74.9 cm³/mol. The van der Waals surface area contributed by atoms with Gasteiger partial charge in [0.1, 0.15) is 9.52 Å². The SMILES string of the molecule is COc1nc(I)cc(N2CC(CO)OCC2C)n1. The van der Waals surface area contributed by atoms with Gasteiger partial charge in [0, 0.05) is 12.6 Å². The fourth-order valence-corrected chi connectivity index (χ4v) is 2.36. The summed E-state index contributed by atoms with van der Waals surface area (Å²) in [4.78, 5) is 10.6. The first-order valence-corrected chi connectivity index (χ1v) is 6.79. The molecule has 18 heavy (non-hydrogen) atoms. The molecule has 2 heterocycles. The summed E-state index contributed by atoms with van der Waals surface area (Å²) >= 11 is 2.13. The Morgan fingerprint density at radius 3 is 3.06 bits per heavy atom. The molecule has 7 heteroatoms. The smallest absolute Gasteiger partial charge is 0.319 e. The van der Waals surface area contributed by atoms with Crippen molar-refractivity contribution < 1.29 is 14.6 Å². The lowest BCUT2D eigenvalue weighted by Crippen LogP contribution is -2.50. The zero-order chi connectivity index (χ0) is 13.1. The molecule has 0 saturated carbocycles. The molecule has 1 N–H and O–H groups in total. The summed E-state index contributed by atoms with van der Waals surface area (Å²) in [6, 6.07) is 2.47. The Kier molecular flexibility index (Phi) is 4.57. The van der Waals surface area contributed by atoms with Crippen molar-refractivity contribution >= 4 is 28.4 Å². The summed E-state index contributed by atoms with van der Waals surface area (Å²) in [7, 11) is 1.55. The number of hydrogen-bond acceptors (Lipinski definition) is 6. The van der Waals surface area contributed by atoms with E-state index in [9.17, 15) is 5.11 Å². The molecule has 1 saturated heterocycles. The highest BCUT2D eigenvalue weighted by Gasteiger charge is 2.27. The average Bonchev–Trinajstić information content (AvgIpc) is 2.38. The van der Waals surface area contributed by atoms with Crippen molar-refractivity contribution in [2.75, 3.05) is 31.8 Å². The van der Waals surface area contributed by atoms with Gasteiger partial charge in [-0.25, -0.2) is 0 Å². The number of aliphatic hydroxyl groups excluding tert-OH is 1. The second-order valence-corrected chi connectivity index (χ2v) is 5.28. The molecule has 0 radical (unpaired) electrons. The molecule has 2 unspecified atom stereocenters. The summed E-state index contributed by atoms with van der Waals surface area (Å²) in [6.07, 6.45) is -0.167. The van der Waals surface area contributed by atoms with E-state index in [1.807, 2.05) is 6.07 Å². The van der Waals surface area contributed by atoms with E-state index < -0.39 is 0 Å². The van der Waals surface area contributed by atoms with Crippen LogP contribution in [0.1, 0.15) is 6.92 Å². The number of aliphatic hydroxyl groups is 1. The molecule has 0 aromatic carbocycles. The van der Waals surface area contributed by atoms with E-state index in [4.69, 9.17) is 9.47 Å². The zero-order valence-electron chi connectivity index (χ0n) is 10.3. The fourth-order valence-electron chi connectivity index (χ4n) is 1.87. The molecule has 1 aliphatic rings. The molecule has 1 aromatic heterocycles. The van der Waals surface area contributed by atoms with Crippen molar-refractivity contribution in [2.24, 2.45) is 0 Å².